The van der Waals surface area contributed by atoms with Crippen molar-refractivity contribution in [2.45, 2.75) is 51.4 Å². The van der Waals surface area contributed by atoms with Gasteiger partial charge in [-0.3, -0.25) is 9.59 Å². The first kappa shape index (κ1) is 43.0. The minimum absolute atomic E-state index is 0.0663. The highest BCUT2D eigenvalue weighted by Crippen LogP contribution is 2.38. The molecule has 0 amide bonds. The molecule has 2 aromatic heterocycles. The van der Waals surface area contributed by atoms with Gasteiger partial charge in [0, 0.05) is 59.6 Å². The summed E-state index contributed by atoms with van der Waals surface area (Å²) in [6.07, 6.45) is -2.82. The van der Waals surface area contributed by atoms with Crippen molar-refractivity contribution in [1.29, 1.82) is 0 Å². The first-order valence-electron chi connectivity index (χ1n) is 16.3. The molecule has 0 spiro atoms. The number of halogens is 4. The van der Waals surface area contributed by atoms with Crippen molar-refractivity contribution in [3.05, 3.63) is 89.8 Å². The van der Waals surface area contributed by atoms with E-state index in [0.717, 1.165) is 0 Å². The van der Waals surface area contributed by atoms with Gasteiger partial charge in [0.2, 0.25) is 23.5 Å². The van der Waals surface area contributed by atoms with Crippen LogP contribution in [0.25, 0.3) is 11.1 Å². The van der Waals surface area contributed by atoms with Gasteiger partial charge in [-0.25, -0.2) is 0 Å². The number of carbonyl (C=O) groups is 2. The Morgan fingerprint density at radius 1 is 0.685 bits per heavy atom. The molecule has 0 bridgehead atoms. The van der Waals surface area contributed by atoms with Gasteiger partial charge in [0.05, 0.1) is 58.3 Å². The number of aliphatic hydroxyl groups is 2. The number of hydrogen-bond acceptors (Lipinski definition) is 12. The molecule has 0 radical (unpaired) electrons. The summed E-state index contributed by atoms with van der Waals surface area (Å²) in [6, 6.07) is 14.6. The number of hydrogen-bond donors (Lipinski definition) is 6. The number of nitrogens with zero attached hydrogens (tertiary/aromatic N) is 2. The second-order valence-corrected chi connectivity index (χ2v) is 14.3. The highest BCUT2D eigenvalue weighted by Gasteiger charge is 2.19. The van der Waals surface area contributed by atoms with Crippen LogP contribution in [-0.2, 0) is 35.9 Å². The molecule has 54 heavy (non-hydrogen) atoms. The lowest BCUT2D eigenvalue weighted by Crippen LogP contribution is -2.28. The van der Waals surface area contributed by atoms with Gasteiger partial charge in [0.1, 0.15) is 13.2 Å². The van der Waals surface area contributed by atoms with Crippen molar-refractivity contribution in [2.75, 3.05) is 27.3 Å². The molecule has 0 fully saturated rings. The van der Waals surface area contributed by atoms with Gasteiger partial charge in [0.25, 0.3) is 0 Å². The highest BCUT2D eigenvalue weighted by molar-refractivity contribution is 9.10. The van der Waals surface area contributed by atoms with E-state index in [1.54, 1.807) is 12.1 Å². The van der Waals surface area contributed by atoms with Crippen molar-refractivity contribution >= 4 is 67.0 Å². The number of nitrogens with one attached hydrogen (secondary N) is 2. The van der Waals surface area contributed by atoms with Crippen molar-refractivity contribution in [3.63, 3.8) is 0 Å². The number of rotatable bonds is 21. The van der Waals surface area contributed by atoms with E-state index in [1.165, 1.54) is 14.2 Å². The van der Waals surface area contributed by atoms with E-state index in [4.69, 9.17) is 52.4 Å². The minimum Gasteiger partial charge on any atom is -0.481 e. The molecule has 0 aliphatic heterocycles. The Hall–Kier alpha value is -3.74. The van der Waals surface area contributed by atoms with Gasteiger partial charge in [-0.1, -0.05) is 59.6 Å². The zero-order valence-electron chi connectivity index (χ0n) is 29.1. The fourth-order valence-corrected chi connectivity index (χ4v) is 6.71. The van der Waals surface area contributed by atoms with E-state index in [1.807, 2.05) is 36.4 Å². The van der Waals surface area contributed by atoms with Crippen LogP contribution in [0.3, 0.4) is 0 Å². The van der Waals surface area contributed by atoms with Gasteiger partial charge in [0.15, 0.2) is 0 Å². The number of aliphatic hydroxyl groups excluding tert-OH is 2. The Bertz CT molecular complexity index is 1800. The molecule has 0 saturated heterocycles. The third-order valence-corrected chi connectivity index (χ3v) is 9.77. The minimum atomic E-state index is -1.09. The third kappa shape index (κ3) is 12.1. The predicted octanol–water partition coefficient (Wildman–Crippen LogP) is 6.00. The summed E-state index contributed by atoms with van der Waals surface area (Å²) >= 11 is 20.8. The quantitative estimate of drug-likeness (QED) is 0.0568. The number of carboxylic acids is 2. The Morgan fingerprint density at radius 2 is 1.07 bits per heavy atom. The maximum Gasteiger partial charge on any atom is 0.306 e. The maximum absolute atomic E-state index is 10.8. The summed E-state index contributed by atoms with van der Waals surface area (Å²) in [4.78, 5) is 30.5. The van der Waals surface area contributed by atoms with Gasteiger partial charge >= 0.3 is 11.9 Å². The Kier molecular flexibility index (Phi) is 16.6. The van der Waals surface area contributed by atoms with Gasteiger partial charge in [-0.2, -0.15) is 9.97 Å². The third-order valence-electron chi connectivity index (χ3n) is 7.74. The number of methoxy groups -OCH3 is 2. The first-order chi connectivity index (χ1) is 25.8. The maximum atomic E-state index is 10.8. The summed E-state index contributed by atoms with van der Waals surface area (Å²) < 4.78 is 24.1. The van der Waals surface area contributed by atoms with Gasteiger partial charge in [-0.15, -0.1) is 0 Å². The molecule has 4 aromatic rings. The van der Waals surface area contributed by atoms with E-state index in [9.17, 15) is 19.8 Å². The van der Waals surface area contributed by atoms with Gasteiger partial charge in [-0.05, 0) is 44.0 Å². The summed E-state index contributed by atoms with van der Waals surface area (Å²) in [5, 5.41) is 44.2. The molecule has 4 rings (SSSR count). The predicted molar refractivity (Wildman–Crippen MR) is 207 cm³/mol. The van der Waals surface area contributed by atoms with Crippen LogP contribution in [0.2, 0.25) is 10.0 Å². The monoisotopic (exact) mass is 914 g/mol. The van der Waals surface area contributed by atoms with Gasteiger partial charge < -0.3 is 50.0 Å². The van der Waals surface area contributed by atoms with Crippen molar-refractivity contribution in [1.82, 2.24) is 20.6 Å². The number of carboxylic acid groups (broad SMARTS) is 2. The Labute approximate surface area is 338 Å². The number of ether oxygens (including phenoxy) is 4. The molecule has 6 N–H and O–H groups in total. The fraction of sp³-hybridized carbons (Fsp3) is 0.333. The summed E-state index contributed by atoms with van der Waals surface area (Å²) in [5.74, 6) is -1.08. The second-order valence-electron chi connectivity index (χ2n) is 11.8. The van der Waals surface area contributed by atoms with Crippen molar-refractivity contribution < 1.29 is 49.0 Å². The molecule has 290 valence electrons. The average Bonchev–Trinajstić information content (AvgIpc) is 3.11. The fourth-order valence-electron chi connectivity index (χ4n) is 5.18. The van der Waals surface area contributed by atoms with E-state index >= 15 is 0 Å². The van der Waals surface area contributed by atoms with E-state index in [-0.39, 0.29) is 64.0 Å². The molecule has 18 heteroatoms. The Morgan fingerprint density at radius 3 is 1.43 bits per heavy atom. The topological polar surface area (TPSA) is 202 Å². The van der Waals surface area contributed by atoms with Crippen LogP contribution in [0.15, 0.2) is 57.5 Å². The lowest BCUT2D eigenvalue weighted by atomic mass is 10.0. The second kappa shape index (κ2) is 20.8. The molecule has 0 unspecified atom stereocenters. The average molecular weight is 917 g/mol. The van der Waals surface area contributed by atoms with Crippen LogP contribution >= 0.6 is 55.1 Å². The largest absolute Gasteiger partial charge is 0.481 e. The molecule has 14 nitrogen and oxygen atoms in total. The molecule has 2 atom stereocenters. The number of aromatic nitrogens is 2. The molecular weight excluding hydrogens is 879 g/mol. The van der Waals surface area contributed by atoms with E-state index in [2.05, 4.69) is 52.5 Å². The molecule has 2 aromatic carbocycles. The lowest BCUT2D eigenvalue weighted by molar-refractivity contribution is -0.140. The molecule has 0 saturated carbocycles. The highest BCUT2D eigenvalue weighted by atomic mass is 79.9. The molecule has 0 aliphatic rings. The molecule has 0 aliphatic carbocycles. The van der Waals surface area contributed by atoms with Crippen LogP contribution in [0.4, 0.5) is 0 Å². The van der Waals surface area contributed by atoms with Crippen LogP contribution in [-0.4, -0.2) is 81.8 Å². The zero-order chi connectivity index (χ0) is 39.4. The van der Waals surface area contributed by atoms with Crippen LogP contribution in [0.5, 0.6) is 23.5 Å². The van der Waals surface area contributed by atoms with Crippen LogP contribution in [0.1, 0.15) is 35.1 Å². The zero-order valence-corrected chi connectivity index (χ0v) is 33.8. The van der Waals surface area contributed by atoms with E-state index in [0.29, 0.717) is 64.1 Å². The first-order valence-corrected chi connectivity index (χ1v) is 18.6. The van der Waals surface area contributed by atoms with Crippen LogP contribution < -0.4 is 29.6 Å². The van der Waals surface area contributed by atoms with Crippen LogP contribution in [0, 0.1) is 0 Å². The lowest BCUT2D eigenvalue weighted by Gasteiger charge is -2.16. The molecular formula is C36H38Br2Cl2N4O10. The summed E-state index contributed by atoms with van der Waals surface area (Å²) in [7, 11) is 2.94. The number of pyridine rings is 2. The van der Waals surface area contributed by atoms with E-state index < -0.39 is 24.1 Å². The van der Waals surface area contributed by atoms with Crippen molar-refractivity contribution in [2.24, 2.45) is 0 Å². The Balaban J connectivity index is 1.43. The number of aliphatic carboxylic acids is 2. The number of benzene rings is 2. The standard InChI is InChI=1S/C36H38Br2Cl2N4O10/c1-51-33-21(13-41-15-23(45)11-29(47)48)9-27(37)35(43-33)53-17-19-5-3-7-25(31(19)39)26-8-4-6-20(32(26)40)18-54-36-28(38)10-22(34(44-36)52-2)14-42-16-24(46)12-30(49)50/h3-10,23-24,41-42,45-46H,11-18H2,1-2H3,(H,47,48)(H,49,50)/t23-,24-/m0/s1. The SMILES string of the molecule is COc1nc(OCc2cccc(-c3cccc(COc4nc(OC)c(CNC[C@@H](O)CC(=O)O)cc4Br)c3Cl)c2Cl)c(Br)cc1CNC[C@@H](O)CC(=O)O. The summed E-state index contributed by atoms with van der Waals surface area (Å²) in [6.45, 7) is 0.812. The smallest absolute Gasteiger partial charge is 0.306 e. The normalized spacial score (nSPS) is 12.2. The molecule has 2 heterocycles. The summed E-state index contributed by atoms with van der Waals surface area (Å²) in [5.41, 5.74) is 4.02. The van der Waals surface area contributed by atoms with Crippen molar-refractivity contribution in [3.8, 4) is 34.6 Å².